The van der Waals surface area contributed by atoms with Gasteiger partial charge in [0.15, 0.2) is 0 Å². The summed E-state index contributed by atoms with van der Waals surface area (Å²) in [6.07, 6.45) is 5.16. The molecule has 0 spiro atoms. The van der Waals surface area contributed by atoms with Crippen LogP contribution in [0.25, 0.3) is 0 Å². The summed E-state index contributed by atoms with van der Waals surface area (Å²) < 4.78 is 6.07. The van der Waals surface area contributed by atoms with Crippen molar-refractivity contribution in [1.82, 2.24) is 10.2 Å². The molecule has 100 valence electrons. The van der Waals surface area contributed by atoms with Gasteiger partial charge in [0.2, 0.25) is 5.88 Å². The van der Waals surface area contributed by atoms with Crippen LogP contribution in [0, 0.1) is 19.8 Å². The number of rotatable bonds is 3. The lowest BCUT2D eigenvalue weighted by molar-refractivity contribution is 0.0951. The summed E-state index contributed by atoms with van der Waals surface area (Å²) in [5, 5.41) is 8.33. The van der Waals surface area contributed by atoms with Crippen molar-refractivity contribution in [2.45, 2.75) is 59.1 Å². The monoisotopic (exact) mass is 249 g/mol. The second kappa shape index (κ2) is 5.65. The SMILES string of the molecule is Cc1nnc(OC2CCCCC2C)c(CN)c1C. The molecule has 0 amide bonds. The molecule has 1 aliphatic carbocycles. The Kier molecular flexibility index (Phi) is 4.17. The van der Waals surface area contributed by atoms with Gasteiger partial charge in [-0.15, -0.1) is 5.10 Å². The molecule has 4 heteroatoms. The highest BCUT2D eigenvalue weighted by molar-refractivity contribution is 5.35. The number of hydrogen-bond donors (Lipinski definition) is 1. The molecule has 0 radical (unpaired) electrons. The molecular formula is C14H23N3O. The summed E-state index contributed by atoms with van der Waals surface area (Å²) in [5.41, 5.74) is 8.85. The van der Waals surface area contributed by atoms with Crippen LogP contribution in [-0.2, 0) is 6.54 Å². The quantitative estimate of drug-likeness (QED) is 0.894. The van der Waals surface area contributed by atoms with E-state index in [1.165, 1.54) is 19.3 Å². The summed E-state index contributed by atoms with van der Waals surface area (Å²) in [6, 6.07) is 0. The highest BCUT2D eigenvalue weighted by Gasteiger charge is 2.24. The molecule has 1 aromatic heterocycles. The van der Waals surface area contributed by atoms with Crippen LogP contribution in [0.2, 0.25) is 0 Å². The molecule has 1 aromatic rings. The zero-order valence-corrected chi connectivity index (χ0v) is 11.6. The number of nitrogens with zero attached hydrogens (tertiary/aromatic N) is 2. The van der Waals surface area contributed by atoms with E-state index >= 15 is 0 Å². The molecule has 4 nitrogen and oxygen atoms in total. The summed E-state index contributed by atoms with van der Waals surface area (Å²) >= 11 is 0. The Morgan fingerprint density at radius 2 is 1.94 bits per heavy atom. The van der Waals surface area contributed by atoms with Crippen molar-refractivity contribution in [3.63, 3.8) is 0 Å². The molecule has 1 heterocycles. The average Bonchev–Trinajstić information content (AvgIpc) is 2.37. The fourth-order valence-electron chi connectivity index (χ4n) is 2.57. The average molecular weight is 249 g/mol. The molecule has 1 aliphatic rings. The first-order valence-corrected chi connectivity index (χ1v) is 6.83. The zero-order valence-electron chi connectivity index (χ0n) is 11.6. The van der Waals surface area contributed by atoms with E-state index in [0.717, 1.165) is 23.2 Å². The summed E-state index contributed by atoms with van der Waals surface area (Å²) in [6.45, 7) is 6.69. The molecule has 1 saturated carbocycles. The molecule has 2 unspecified atom stereocenters. The topological polar surface area (TPSA) is 61.0 Å². The molecular weight excluding hydrogens is 226 g/mol. The molecule has 2 rings (SSSR count). The van der Waals surface area contributed by atoms with Crippen LogP contribution in [-0.4, -0.2) is 16.3 Å². The maximum Gasteiger partial charge on any atom is 0.238 e. The van der Waals surface area contributed by atoms with Crippen molar-refractivity contribution in [3.8, 4) is 5.88 Å². The summed E-state index contributed by atoms with van der Waals surface area (Å²) in [4.78, 5) is 0. The Bertz CT molecular complexity index is 420. The largest absolute Gasteiger partial charge is 0.473 e. The van der Waals surface area contributed by atoms with Crippen LogP contribution in [0.15, 0.2) is 0 Å². The maximum absolute atomic E-state index is 6.07. The molecule has 0 aliphatic heterocycles. The minimum atomic E-state index is 0.264. The zero-order chi connectivity index (χ0) is 13.1. The Labute approximate surface area is 109 Å². The molecule has 0 aromatic carbocycles. The van der Waals surface area contributed by atoms with Gasteiger partial charge in [0.1, 0.15) is 6.10 Å². The van der Waals surface area contributed by atoms with E-state index in [1.807, 2.05) is 13.8 Å². The smallest absolute Gasteiger partial charge is 0.238 e. The first-order chi connectivity index (χ1) is 8.63. The van der Waals surface area contributed by atoms with Crippen molar-refractivity contribution >= 4 is 0 Å². The molecule has 2 N–H and O–H groups in total. The van der Waals surface area contributed by atoms with E-state index in [-0.39, 0.29) is 6.10 Å². The van der Waals surface area contributed by atoms with Crippen molar-refractivity contribution in [2.24, 2.45) is 11.7 Å². The van der Waals surface area contributed by atoms with Gasteiger partial charge in [-0.1, -0.05) is 13.3 Å². The van der Waals surface area contributed by atoms with E-state index in [0.29, 0.717) is 18.3 Å². The van der Waals surface area contributed by atoms with Gasteiger partial charge in [0.25, 0.3) is 0 Å². The number of ether oxygens (including phenoxy) is 1. The third kappa shape index (κ3) is 2.64. The van der Waals surface area contributed by atoms with Gasteiger partial charge >= 0.3 is 0 Å². The van der Waals surface area contributed by atoms with Gasteiger partial charge in [-0.2, -0.15) is 5.10 Å². The lowest BCUT2D eigenvalue weighted by atomic mass is 9.88. The lowest BCUT2D eigenvalue weighted by Gasteiger charge is -2.29. The second-order valence-corrected chi connectivity index (χ2v) is 5.32. The third-order valence-electron chi connectivity index (χ3n) is 4.04. The van der Waals surface area contributed by atoms with Gasteiger partial charge in [0.05, 0.1) is 5.69 Å². The van der Waals surface area contributed by atoms with E-state index in [4.69, 9.17) is 10.5 Å². The molecule has 0 saturated heterocycles. The lowest BCUT2D eigenvalue weighted by Crippen LogP contribution is -2.29. The molecule has 2 atom stereocenters. The Hall–Kier alpha value is -1.16. The third-order valence-corrected chi connectivity index (χ3v) is 4.04. The Morgan fingerprint density at radius 1 is 1.22 bits per heavy atom. The minimum Gasteiger partial charge on any atom is -0.473 e. The minimum absolute atomic E-state index is 0.264. The predicted molar refractivity (Wildman–Crippen MR) is 71.4 cm³/mol. The maximum atomic E-state index is 6.07. The van der Waals surface area contributed by atoms with E-state index in [1.54, 1.807) is 0 Å². The highest BCUT2D eigenvalue weighted by atomic mass is 16.5. The fraction of sp³-hybridized carbons (Fsp3) is 0.714. The van der Waals surface area contributed by atoms with Crippen LogP contribution >= 0.6 is 0 Å². The van der Waals surface area contributed by atoms with Gasteiger partial charge in [0, 0.05) is 12.1 Å². The summed E-state index contributed by atoms with van der Waals surface area (Å²) in [5.74, 6) is 1.23. The Balaban J connectivity index is 2.20. The van der Waals surface area contributed by atoms with E-state index in [2.05, 4.69) is 17.1 Å². The highest BCUT2D eigenvalue weighted by Crippen LogP contribution is 2.29. The van der Waals surface area contributed by atoms with Crippen molar-refractivity contribution in [2.75, 3.05) is 0 Å². The Morgan fingerprint density at radius 3 is 2.61 bits per heavy atom. The van der Waals surface area contributed by atoms with Gasteiger partial charge in [-0.25, -0.2) is 0 Å². The number of aromatic nitrogens is 2. The van der Waals surface area contributed by atoms with Crippen LogP contribution in [0.4, 0.5) is 0 Å². The van der Waals surface area contributed by atoms with Crippen LogP contribution in [0.3, 0.4) is 0 Å². The van der Waals surface area contributed by atoms with Crippen LogP contribution in [0.5, 0.6) is 5.88 Å². The normalized spacial score (nSPS) is 24.0. The standard InChI is InChI=1S/C14H23N3O/c1-9-6-4-5-7-13(9)18-14-12(8-15)10(2)11(3)16-17-14/h9,13H,4-8,15H2,1-3H3. The van der Waals surface area contributed by atoms with Crippen molar-refractivity contribution < 1.29 is 4.74 Å². The van der Waals surface area contributed by atoms with Crippen LogP contribution in [0.1, 0.15) is 49.4 Å². The number of hydrogen-bond acceptors (Lipinski definition) is 4. The fourth-order valence-corrected chi connectivity index (χ4v) is 2.57. The van der Waals surface area contributed by atoms with E-state index < -0.39 is 0 Å². The first-order valence-electron chi connectivity index (χ1n) is 6.83. The van der Waals surface area contributed by atoms with Crippen LogP contribution < -0.4 is 10.5 Å². The van der Waals surface area contributed by atoms with E-state index in [9.17, 15) is 0 Å². The predicted octanol–water partition coefficient (Wildman–Crippen LogP) is 2.51. The van der Waals surface area contributed by atoms with Gasteiger partial charge < -0.3 is 10.5 Å². The first kappa shape index (κ1) is 13.3. The van der Waals surface area contributed by atoms with Crippen molar-refractivity contribution in [1.29, 1.82) is 0 Å². The second-order valence-electron chi connectivity index (χ2n) is 5.32. The van der Waals surface area contributed by atoms with Crippen molar-refractivity contribution in [3.05, 3.63) is 16.8 Å². The van der Waals surface area contributed by atoms with Gasteiger partial charge in [-0.3, -0.25) is 0 Å². The number of aryl methyl sites for hydroxylation is 1. The molecule has 1 fully saturated rings. The molecule has 18 heavy (non-hydrogen) atoms. The molecule has 0 bridgehead atoms. The summed E-state index contributed by atoms with van der Waals surface area (Å²) in [7, 11) is 0. The number of nitrogens with two attached hydrogens (primary N) is 1. The van der Waals surface area contributed by atoms with Gasteiger partial charge in [-0.05, 0) is 44.6 Å².